The topological polar surface area (TPSA) is 116 Å². The Morgan fingerprint density at radius 1 is 1.00 bits per heavy atom. The fourth-order valence-electron chi connectivity index (χ4n) is 5.72. The highest BCUT2D eigenvalue weighted by Gasteiger charge is 2.44. The summed E-state index contributed by atoms with van der Waals surface area (Å²) in [5, 5.41) is 22.2. The van der Waals surface area contributed by atoms with Gasteiger partial charge in [0.05, 0.1) is 12.0 Å². The van der Waals surface area contributed by atoms with Gasteiger partial charge < -0.3 is 25.2 Å². The summed E-state index contributed by atoms with van der Waals surface area (Å²) in [6, 6.07) is 14.7. The summed E-state index contributed by atoms with van der Waals surface area (Å²) < 4.78 is 5.62. The lowest BCUT2D eigenvalue weighted by molar-refractivity contribution is -0.150. The number of nitrogens with one attached hydrogen (secondary N) is 1. The fourth-order valence-corrected chi connectivity index (χ4v) is 5.72. The van der Waals surface area contributed by atoms with Crippen molar-refractivity contribution in [2.45, 2.75) is 49.8 Å². The molecule has 0 spiro atoms. The molecule has 3 N–H and O–H groups in total. The highest BCUT2D eigenvalue weighted by Crippen LogP contribution is 2.44. The Morgan fingerprint density at radius 2 is 1.65 bits per heavy atom. The zero-order chi connectivity index (χ0) is 23.8. The molecule has 34 heavy (non-hydrogen) atoms. The van der Waals surface area contributed by atoms with Gasteiger partial charge in [-0.1, -0.05) is 55.0 Å². The van der Waals surface area contributed by atoms with Gasteiger partial charge in [0.1, 0.15) is 12.6 Å². The van der Waals surface area contributed by atoms with Gasteiger partial charge in [-0.25, -0.2) is 9.59 Å². The summed E-state index contributed by atoms with van der Waals surface area (Å²) in [6.45, 7) is 0.189. The van der Waals surface area contributed by atoms with Gasteiger partial charge in [-0.05, 0) is 35.1 Å². The van der Waals surface area contributed by atoms with Crippen LogP contribution in [0.3, 0.4) is 0 Å². The monoisotopic (exact) mass is 464 g/mol. The van der Waals surface area contributed by atoms with Crippen LogP contribution in [0.5, 0.6) is 0 Å². The SMILES string of the molecule is O=C(NC1CCCC1C(=O)N1CC(O)C[C@H]1C(=O)O)OCC1c2ccccc2-c2ccccc21. The van der Waals surface area contributed by atoms with Gasteiger partial charge in [0.2, 0.25) is 5.91 Å². The molecule has 1 saturated carbocycles. The molecule has 0 bridgehead atoms. The van der Waals surface area contributed by atoms with Crippen molar-refractivity contribution in [1.29, 1.82) is 0 Å². The summed E-state index contributed by atoms with van der Waals surface area (Å²) in [4.78, 5) is 38.6. The van der Waals surface area contributed by atoms with Crippen molar-refractivity contribution in [3.8, 4) is 11.1 Å². The number of nitrogens with zero attached hydrogens (tertiary/aromatic N) is 1. The second kappa shape index (κ2) is 9.10. The maximum Gasteiger partial charge on any atom is 0.407 e. The number of hydrogen-bond acceptors (Lipinski definition) is 5. The Balaban J connectivity index is 1.23. The molecule has 5 rings (SSSR count). The molecule has 2 aromatic rings. The number of carboxylic acids is 1. The van der Waals surface area contributed by atoms with E-state index in [1.807, 2.05) is 24.3 Å². The van der Waals surface area contributed by atoms with Crippen LogP contribution in [0.15, 0.2) is 48.5 Å². The van der Waals surface area contributed by atoms with E-state index in [0.29, 0.717) is 12.8 Å². The molecule has 8 nitrogen and oxygen atoms in total. The molecule has 178 valence electrons. The van der Waals surface area contributed by atoms with Crippen molar-refractivity contribution in [1.82, 2.24) is 10.2 Å². The van der Waals surface area contributed by atoms with E-state index in [2.05, 4.69) is 29.6 Å². The number of carbonyl (C=O) groups excluding carboxylic acids is 2. The van der Waals surface area contributed by atoms with E-state index in [1.165, 1.54) is 4.90 Å². The highest BCUT2D eigenvalue weighted by molar-refractivity contribution is 5.87. The maximum atomic E-state index is 13.1. The van der Waals surface area contributed by atoms with Crippen LogP contribution >= 0.6 is 0 Å². The van der Waals surface area contributed by atoms with E-state index in [-0.39, 0.29) is 31.4 Å². The molecule has 2 aliphatic carbocycles. The average molecular weight is 465 g/mol. The first-order valence-electron chi connectivity index (χ1n) is 11.8. The van der Waals surface area contributed by atoms with Crippen LogP contribution in [0.1, 0.15) is 42.7 Å². The smallest absolute Gasteiger partial charge is 0.407 e. The molecular weight excluding hydrogens is 436 g/mol. The van der Waals surface area contributed by atoms with Crippen molar-refractivity contribution in [3.63, 3.8) is 0 Å². The van der Waals surface area contributed by atoms with Crippen molar-refractivity contribution in [2.24, 2.45) is 5.92 Å². The third kappa shape index (κ3) is 4.03. The summed E-state index contributed by atoms with van der Waals surface area (Å²) in [6.07, 6.45) is 0.528. The number of aliphatic hydroxyl groups excluding tert-OH is 1. The first-order valence-corrected chi connectivity index (χ1v) is 11.8. The maximum absolute atomic E-state index is 13.1. The highest BCUT2D eigenvalue weighted by atomic mass is 16.5. The molecule has 1 saturated heterocycles. The zero-order valence-electron chi connectivity index (χ0n) is 18.7. The van der Waals surface area contributed by atoms with E-state index >= 15 is 0 Å². The molecule has 2 fully saturated rings. The van der Waals surface area contributed by atoms with Crippen LogP contribution in [-0.2, 0) is 14.3 Å². The number of carboxylic acid groups (broad SMARTS) is 1. The van der Waals surface area contributed by atoms with Crippen LogP contribution in [0.2, 0.25) is 0 Å². The van der Waals surface area contributed by atoms with E-state index < -0.39 is 36.2 Å². The summed E-state index contributed by atoms with van der Waals surface area (Å²) in [7, 11) is 0. The van der Waals surface area contributed by atoms with Crippen LogP contribution in [-0.4, -0.2) is 64.4 Å². The number of ether oxygens (including phenoxy) is 1. The number of aliphatic hydroxyl groups is 1. The van der Waals surface area contributed by atoms with Crippen molar-refractivity contribution >= 4 is 18.0 Å². The van der Waals surface area contributed by atoms with E-state index in [9.17, 15) is 24.6 Å². The van der Waals surface area contributed by atoms with E-state index in [4.69, 9.17) is 4.74 Å². The molecule has 1 aliphatic heterocycles. The minimum atomic E-state index is -1.12. The number of carbonyl (C=O) groups is 3. The summed E-state index contributed by atoms with van der Waals surface area (Å²) in [5.41, 5.74) is 4.54. The predicted octanol–water partition coefficient (Wildman–Crippen LogP) is 2.74. The second-order valence-electron chi connectivity index (χ2n) is 9.35. The lowest BCUT2D eigenvalue weighted by Crippen LogP contribution is -2.49. The molecule has 0 aromatic heterocycles. The predicted molar refractivity (Wildman–Crippen MR) is 123 cm³/mol. The largest absolute Gasteiger partial charge is 0.480 e. The van der Waals surface area contributed by atoms with Gasteiger partial charge in [-0.2, -0.15) is 0 Å². The van der Waals surface area contributed by atoms with Crippen molar-refractivity contribution in [2.75, 3.05) is 13.2 Å². The molecule has 2 aromatic carbocycles. The lowest BCUT2D eigenvalue weighted by Gasteiger charge is -2.28. The second-order valence-corrected chi connectivity index (χ2v) is 9.35. The first kappa shape index (κ1) is 22.4. The number of rotatable bonds is 5. The molecule has 4 atom stereocenters. The van der Waals surface area contributed by atoms with Gasteiger partial charge in [0.25, 0.3) is 0 Å². The molecule has 8 heteroatoms. The third-order valence-corrected chi connectivity index (χ3v) is 7.33. The zero-order valence-corrected chi connectivity index (χ0v) is 18.7. The third-order valence-electron chi connectivity index (χ3n) is 7.33. The average Bonchev–Trinajstić information content (AvgIpc) is 3.53. The Labute approximate surface area is 197 Å². The number of likely N-dealkylation sites (tertiary alicyclic amines) is 1. The van der Waals surface area contributed by atoms with Gasteiger partial charge in [-0.15, -0.1) is 0 Å². The number of aliphatic carboxylic acids is 1. The fraction of sp³-hybridized carbons (Fsp3) is 0.423. The molecular formula is C26H28N2O6. The first-order chi connectivity index (χ1) is 16.4. The van der Waals surface area contributed by atoms with Gasteiger partial charge >= 0.3 is 12.1 Å². The summed E-state index contributed by atoms with van der Waals surface area (Å²) >= 11 is 0. The normalized spacial score (nSPS) is 25.6. The minimum absolute atomic E-state index is 0.00393. The standard InChI is InChI=1S/C26H28N2O6/c29-15-12-23(25(31)32)28(13-15)24(30)20-10-5-11-22(20)27-26(33)34-14-21-18-8-3-1-6-16(18)17-7-2-4-9-19(17)21/h1-4,6-9,15,20-23,29H,5,10-14H2,(H,27,33)(H,31,32)/t15?,20?,22?,23-/m0/s1. The van der Waals surface area contributed by atoms with Gasteiger partial charge in [-0.3, -0.25) is 4.79 Å². The number of amides is 2. The van der Waals surface area contributed by atoms with Crippen LogP contribution in [0.25, 0.3) is 11.1 Å². The van der Waals surface area contributed by atoms with Gasteiger partial charge in [0, 0.05) is 24.9 Å². The Bertz CT molecular complexity index is 1070. The minimum Gasteiger partial charge on any atom is -0.480 e. The molecule has 2 amide bonds. The molecule has 1 heterocycles. The number of alkyl carbamates (subject to hydrolysis) is 1. The number of fused-ring (bicyclic) bond motifs is 3. The number of benzene rings is 2. The number of hydrogen-bond donors (Lipinski definition) is 3. The van der Waals surface area contributed by atoms with Crippen molar-refractivity contribution < 1.29 is 29.3 Å². The van der Waals surface area contributed by atoms with E-state index in [1.54, 1.807) is 0 Å². The van der Waals surface area contributed by atoms with Crippen LogP contribution in [0.4, 0.5) is 4.79 Å². The Hall–Kier alpha value is -3.39. The lowest BCUT2D eigenvalue weighted by atomic mass is 9.98. The Kier molecular flexibility index (Phi) is 6.00. The number of β-amino-alcohol motifs (C(OH)–C–C–N with tert-alkyl or cyclic N) is 1. The quantitative estimate of drug-likeness (QED) is 0.627. The van der Waals surface area contributed by atoms with Crippen molar-refractivity contribution in [3.05, 3.63) is 59.7 Å². The molecule has 0 radical (unpaired) electrons. The van der Waals surface area contributed by atoms with Crippen LogP contribution < -0.4 is 5.32 Å². The molecule has 3 aliphatic rings. The van der Waals surface area contributed by atoms with Gasteiger partial charge in [0.15, 0.2) is 0 Å². The summed E-state index contributed by atoms with van der Waals surface area (Å²) in [5.74, 6) is -2.02. The van der Waals surface area contributed by atoms with E-state index in [0.717, 1.165) is 28.7 Å². The van der Waals surface area contributed by atoms with Crippen LogP contribution in [0, 0.1) is 5.92 Å². The molecule has 3 unspecified atom stereocenters. The Morgan fingerprint density at radius 3 is 2.29 bits per heavy atom.